The smallest absolute Gasteiger partial charge is 0.262 e. The molecular formula is C23H22N6O2S2. The molecule has 168 valence electrons. The molecule has 1 aromatic carbocycles. The highest BCUT2D eigenvalue weighted by atomic mass is 32.2. The van der Waals surface area contributed by atoms with Crippen LogP contribution in [0.5, 0.6) is 0 Å². The summed E-state index contributed by atoms with van der Waals surface area (Å²) in [6, 6.07) is 7.44. The zero-order valence-corrected chi connectivity index (χ0v) is 20.1. The fraction of sp³-hybridized carbons (Fsp3) is 0.348. The molecule has 0 radical (unpaired) electrons. The second-order valence-electron chi connectivity index (χ2n) is 8.74. The predicted octanol–water partition coefficient (Wildman–Crippen LogP) is 3.86. The van der Waals surface area contributed by atoms with Gasteiger partial charge < -0.3 is 4.98 Å². The predicted molar refractivity (Wildman–Crippen MR) is 131 cm³/mol. The van der Waals surface area contributed by atoms with Crippen molar-refractivity contribution in [3.63, 3.8) is 0 Å². The highest BCUT2D eigenvalue weighted by molar-refractivity contribution is 7.99. The van der Waals surface area contributed by atoms with Crippen molar-refractivity contribution in [2.24, 2.45) is 13.0 Å². The topological polar surface area (TPSA) is 97.9 Å². The Balaban J connectivity index is 1.44. The van der Waals surface area contributed by atoms with Crippen molar-refractivity contribution in [1.29, 1.82) is 0 Å². The molecule has 0 spiro atoms. The molecule has 2 atom stereocenters. The number of nitrogens with one attached hydrogen (secondary N) is 1. The summed E-state index contributed by atoms with van der Waals surface area (Å²) in [6.45, 7) is 4.26. The zero-order chi connectivity index (χ0) is 22.9. The minimum absolute atomic E-state index is 0.0616. The summed E-state index contributed by atoms with van der Waals surface area (Å²) in [4.78, 5) is 35.7. The quantitative estimate of drug-likeness (QED) is 0.396. The van der Waals surface area contributed by atoms with Crippen molar-refractivity contribution < 1.29 is 0 Å². The van der Waals surface area contributed by atoms with Gasteiger partial charge in [0, 0.05) is 11.9 Å². The van der Waals surface area contributed by atoms with Crippen LogP contribution in [0, 0.1) is 5.92 Å². The van der Waals surface area contributed by atoms with Crippen LogP contribution in [0.2, 0.25) is 0 Å². The summed E-state index contributed by atoms with van der Waals surface area (Å²) in [7, 11) is 1.70. The molecule has 2 unspecified atom stereocenters. The highest BCUT2D eigenvalue weighted by Crippen LogP contribution is 2.37. The van der Waals surface area contributed by atoms with E-state index in [9.17, 15) is 9.59 Å². The van der Waals surface area contributed by atoms with E-state index in [2.05, 4.69) is 22.1 Å². The third-order valence-corrected chi connectivity index (χ3v) is 8.65. The molecule has 33 heavy (non-hydrogen) atoms. The first-order valence-corrected chi connectivity index (χ1v) is 12.7. The number of fused-ring (bicyclic) bond motifs is 6. The number of rotatable bonds is 3. The Morgan fingerprint density at radius 3 is 2.91 bits per heavy atom. The molecule has 4 aromatic heterocycles. The Labute approximate surface area is 196 Å². The van der Waals surface area contributed by atoms with Crippen molar-refractivity contribution in [2.45, 2.75) is 43.5 Å². The minimum atomic E-state index is -0.163. The first-order valence-electron chi connectivity index (χ1n) is 11.0. The van der Waals surface area contributed by atoms with Gasteiger partial charge in [-0.15, -0.1) is 21.5 Å². The van der Waals surface area contributed by atoms with Gasteiger partial charge in [0.1, 0.15) is 10.7 Å². The van der Waals surface area contributed by atoms with E-state index in [0.717, 1.165) is 35.0 Å². The van der Waals surface area contributed by atoms with Crippen molar-refractivity contribution in [3.8, 4) is 0 Å². The second-order valence-corrected chi connectivity index (χ2v) is 11.1. The van der Waals surface area contributed by atoms with E-state index in [1.165, 1.54) is 26.8 Å². The molecular weight excluding hydrogens is 456 g/mol. The normalized spacial score (nSPS) is 17.1. The summed E-state index contributed by atoms with van der Waals surface area (Å²) < 4.78 is 3.40. The maximum Gasteiger partial charge on any atom is 0.262 e. The van der Waals surface area contributed by atoms with E-state index >= 15 is 0 Å². The Morgan fingerprint density at radius 2 is 2.06 bits per heavy atom. The number of nitrogens with zero attached hydrogens (tertiary/aromatic N) is 5. The van der Waals surface area contributed by atoms with Crippen molar-refractivity contribution in [3.05, 3.63) is 61.2 Å². The van der Waals surface area contributed by atoms with Crippen LogP contribution in [-0.2, 0) is 19.9 Å². The maximum absolute atomic E-state index is 13.0. The average Bonchev–Trinajstić information content (AvgIpc) is 3.38. The molecule has 5 aromatic rings. The fourth-order valence-electron chi connectivity index (χ4n) is 4.66. The van der Waals surface area contributed by atoms with Crippen LogP contribution >= 0.6 is 23.1 Å². The Bertz CT molecular complexity index is 1680. The van der Waals surface area contributed by atoms with E-state index in [-0.39, 0.29) is 16.4 Å². The molecule has 0 saturated carbocycles. The lowest BCUT2D eigenvalue weighted by atomic mass is 9.89. The van der Waals surface area contributed by atoms with Crippen LogP contribution in [0.15, 0.2) is 39.0 Å². The lowest BCUT2D eigenvalue weighted by Gasteiger charge is -2.17. The van der Waals surface area contributed by atoms with E-state index < -0.39 is 0 Å². The largest absolute Gasteiger partial charge is 0.309 e. The first-order chi connectivity index (χ1) is 15.9. The molecule has 1 aliphatic carbocycles. The Morgan fingerprint density at radius 1 is 1.24 bits per heavy atom. The van der Waals surface area contributed by atoms with Gasteiger partial charge in [-0.3, -0.25) is 18.6 Å². The molecule has 0 bridgehead atoms. The molecule has 4 heterocycles. The SMILES string of the molecule is CC1CCc2c(sc3nc(C(C)Sc4nnc5n(C)c(=O)c6ccccc6n45)[nH]c(=O)c23)C1. The molecule has 0 amide bonds. The second kappa shape index (κ2) is 7.53. The number of aryl methyl sites for hydroxylation is 2. The molecule has 1 aliphatic rings. The van der Waals surface area contributed by atoms with E-state index in [4.69, 9.17) is 4.98 Å². The van der Waals surface area contributed by atoms with Crippen molar-refractivity contribution >= 4 is 50.0 Å². The number of aromatic nitrogens is 6. The molecule has 0 fully saturated rings. The van der Waals surface area contributed by atoms with Gasteiger partial charge in [0.25, 0.3) is 11.1 Å². The van der Waals surface area contributed by atoms with Crippen LogP contribution in [0.4, 0.5) is 0 Å². The molecule has 0 saturated heterocycles. The molecule has 10 heteroatoms. The summed E-state index contributed by atoms with van der Waals surface area (Å²) in [5.41, 5.74) is 1.77. The number of para-hydroxylation sites is 1. The van der Waals surface area contributed by atoms with Crippen LogP contribution in [0.25, 0.3) is 26.9 Å². The summed E-state index contributed by atoms with van der Waals surface area (Å²) in [5, 5.41) is 10.5. The lowest BCUT2D eigenvalue weighted by Crippen LogP contribution is -2.20. The van der Waals surface area contributed by atoms with Gasteiger partial charge in [0.15, 0.2) is 5.16 Å². The van der Waals surface area contributed by atoms with Crippen LogP contribution in [-0.4, -0.2) is 29.1 Å². The van der Waals surface area contributed by atoms with E-state index in [1.807, 2.05) is 29.5 Å². The van der Waals surface area contributed by atoms with Gasteiger partial charge in [0.05, 0.1) is 21.5 Å². The number of thiophene rings is 1. The monoisotopic (exact) mass is 478 g/mol. The van der Waals surface area contributed by atoms with Crippen molar-refractivity contribution in [1.82, 2.24) is 29.1 Å². The number of H-pyrrole nitrogens is 1. The lowest BCUT2D eigenvalue weighted by molar-refractivity contribution is 0.509. The van der Waals surface area contributed by atoms with E-state index in [0.29, 0.717) is 28.1 Å². The van der Waals surface area contributed by atoms with Gasteiger partial charge in [-0.25, -0.2) is 4.98 Å². The minimum Gasteiger partial charge on any atom is -0.309 e. The molecule has 1 N–H and O–H groups in total. The number of hydrogen-bond acceptors (Lipinski definition) is 7. The Kier molecular flexibility index (Phi) is 4.70. The third kappa shape index (κ3) is 3.15. The average molecular weight is 479 g/mol. The fourth-order valence-corrected chi connectivity index (χ4v) is 6.96. The number of benzene rings is 1. The van der Waals surface area contributed by atoms with Crippen LogP contribution < -0.4 is 11.1 Å². The van der Waals surface area contributed by atoms with Gasteiger partial charge in [-0.2, -0.15) is 0 Å². The molecule has 0 aliphatic heterocycles. The van der Waals surface area contributed by atoms with Gasteiger partial charge in [0.2, 0.25) is 5.78 Å². The van der Waals surface area contributed by atoms with E-state index in [1.54, 1.807) is 24.5 Å². The summed E-state index contributed by atoms with van der Waals surface area (Å²) >= 11 is 3.11. The number of hydrogen-bond donors (Lipinski definition) is 1. The zero-order valence-electron chi connectivity index (χ0n) is 18.5. The third-order valence-electron chi connectivity index (χ3n) is 6.45. The highest BCUT2D eigenvalue weighted by Gasteiger charge is 2.25. The van der Waals surface area contributed by atoms with Crippen LogP contribution in [0.1, 0.15) is 41.8 Å². The standard InChI is InChI=1S/C23H22N6O2S2/c1-11-8-9-14-16(10-11)33-20-17(14)19(30)24-18(25-20)12(2)32-23-27-26-22-28(3)21(31)13-6-4-5-7-15(13)29(22)23/h4-7,11-12H,8-10H2,1-3H3,(H,24,25,30). The van der Waals surface area contributed by atoms with Crippen molar-refractivity contribution in [2.75, 3.05) is 0 Å². The molecule has 8 nitrogen and oxygen atoms in total. The van der Waals surface area contributed by atoms with Crippen LogP contribution in [0.3, 0.4) is 0 Å². The molecule has 6 rings (SSSR count). The number of aromatic amines is 1. The summed E-state index contributed by atoms with van der Waals surface area (Å²) in [5.74, 6) is 1.74. The van der Waals surface area contributed by atoms with Gasteiger partial charge in [-0.1, -0.05) is 30.8 Å². The number of thioether (sulfide) groups is 1. The first kappa shape index (κ1) is 20.6. The van der Waals surface area contributed by atoms with Gasteiger partial charge >= 0.3 is 0 Å². The maximum atomic E-state index is 13.0. The summed E-state index contributed by atoms with van der Waals surface area (Å²) in [6.07, 6.45) is 3.08. The Hall–Kier alpha value is -2.98. The van der Waals surface area contributed by atoms with Gasteiger partial charge in [-0.05, 0) is 49.8 Å².